The molecule has 2 rings (SSSR count). The molecule has 0 aliphatic carbocycles. The van der Waals surface area contributed by atoms with Gasteiger partial charge in [0.05, 0.1) is 0 Å². The van der Waals surface area contributed by atoms with Gasteiger partial charge in [0.1, 0.15) is 0 Å². The van der Waals surface area contributed by atoms with E-state index in [1.165, 1.54) is 43.7 Å². The Morgan fingerprint density at radius 2 is 2.05 bits per heavy atom. The molecule has 1 N–H and O–H groups in total. The van der Waals surface area contributed by atoms with Crippen LogP contribution >= 0.6 is 0 Å². The second-order valence-electron chi connectivity index (χ2n) is 5.89. The number of hydrogen-bond donors (Lipinski definition) is 1. The third-order valence-electron chi connectivity index (χ3n) is 4.08. The summed E-state index contributed by atoms with van der Waals surface area (Å²) in [6.07, 6.45) is 2.69. The zero-order valence-corrected chi connectivity index (χ0v) is 12.5. The first-order valence-electron chi connectivity index (χ1n) is 7.31. The first-order chi connectivity index (χ1) is 9.17. The van der Waals surface area contributed by atoms with E-state index in [1.54, 1.807) is 0 Å². The van der Waals surface area contributed by atoms with Gasteiger partial charge in [-0.2, -0.15) is 0 Å². The van der Waals surface area contributed by atoms with Gasteiger partial charge in [0, 0.05) is 25.8 Å². The van der Waals surface area contributed by atoms with E-state index in [-0.39, 0.29) is 0 Å². The number of rotatable bonds is 5. The minimum Gasteiger partial charge on any atom is -0.388 e. The second-order valence-corrected chi connectivity index (χ2v) is 5.89. The minimum atomic E-state index is 0.869. The highest BCUT2D eigenvalue weighted by Gasteiger charge is 2.18. The summed E-state index contributed by atoms with van der Waals surface area (Å²) < 4.78 is 0. The molecule has 1 aromatic carbocycles. The summed E-state index contributed by atoms with van der Waals surface area (Å²) in [5, 5.41) is 3.20. The maximum Gasteiger partial charge on any atom is 0.0340 e. The van der Waals surface area contributed by atoms with Crippen LogP contribution < -0.4 is 5.32 Å². The fourth-order valence-corrected chi connectivity index (χ4v) is 2.89. The number of benzene rings is 1. The van der Waals surface area contributed by atoms with Crippen LogP contribution in [0.4, 0.5) is 5.69 Å². The van der Waals surface area contributed by atoms with E-state index in [0.717, 1.165) is 12.5 Å². The molecule has 0 radical (unpaired) electrons. The van der Waals surface area contributed by atoms with Crippen molar-refractivity contribution >= 4 is 5.69 Å². The Morgan fingerprint density at radius 1 is 1.32 bits per heavy atom. The largest absolute Gasteiger partial charge is 0.388 e. The average molecular weight is 261 g/mol. The number of anilines is 1. The zero-order valence-electron chi connectivity index (χ0n) is 12.5. The molecular weight excluding hydrogens is 234 g/mol. The molecule has 1 aliphatic heterocycles. The van der Waals surface area contributed by atoms with E-state index in [9.17, 15) is 0 Å². The predicted octanol–water partition coefficient (Wildman–Crippen LogP) is 2.50. The van der Waals surface area contributed by atoms with Crippen LogP contribution in [-0.2, 0) is 6.54 Å². The summed E-state index contributed by atoms with van der Waals surface area (Å²) in [5.41, 5.74) is 2.59. The second kappa shape index (κ2) is 6.92. The lowest BCUT2D eigenvalue weighted by Gasteiger charge is -2.31. The Balaban J connectivity index is 1.81. The SMILES string of the molecule is CNc1cccc(CN(C)CC2CCN(C)CC2)c1. The van der Waals surface area contributed by atoms with Crippen molar-refractivity contribution in [3.8, 4) is 0 Å². The van der Waals surface area contributed by atoms with Gasteiger partial charge >= 0.3 is 0 Å². The van der Waals surface area contributed by atoms with E-state index < -0.39 is 0 Å². The lowest BCUT2D eigenvalue weighted by atomic mass is 9.96. The third kappa shape index (κ3) is 4.51. The summed E-state index contributed by atoms with van der Waals surface area (Å²) in [7, 11) is 6.44. The highest BCUT2D eigenvalue weighted by molar-refractivity contribution is 5.44. The van der Waals surface area contributed by atoms with Gasteiger partial charge in [0.2, 0.25) is 0 Å². The highest BCUT2D eigenvalue weighted by Crippen LogP contribution is 2.18. The Labute approximate surface area is 117 Å². The molecule has 0 amide bonds. The quantitative estimate of drug-likeness (QED) is 0.878. The molecule has 0 atom stereocenters. The number of hydrogen-bond acceptors (Lipinski definition) is 3. The summed E-state index contributed by atoms with van der Waals surface area (Å²) in [4.78, 5) is 4.90. The van der Waals surface area contributed by atoms with E-state index in [2.05, 4.69) is 53.5 Å². The van der Waals surface area contributed by atoms with Crippen LogP contribution in [0.3, 0.4) is 0 Å². The van der Waals surface area contributed by atoms with Gasteiger partial charge in [-0.05, 0) is 63.6 Å². The molecule has 3 nitrogen and oxygen atoms in total. The van der Waals surface area contributed by atoms with E-state index in [1.807, 2.05) is 7.05 Å². The molecule has 0 spiro atoms. The normalized spacial score (nSPS) is 17.9. The summed E-state index contributed by atoms with van der Waals surface area (Å²) in [5.74, 6) is 0.869. The monoisotopic (exact) mass is 261 g/mol. The number of likely N-dealkylation sites (tertiary alicyclic amines) is 1. The van der Waals surface area contributed by atoms with E-state index in [0.29, 0.717) is 0 Å². The van der Waals surface area contributed by atoms with Crippen LogP contribution in [0.15, 0.2) is 24.3 Å². The van der Waals surface area contributed by atoms with Gasteiger partial charge in [-0.1, -0.05) is 12.1 Å². The molecule has 3 heteroatoms. The van der Waals surface area contributed by atoms with Gasteiger partial charge in [-0.15, -0.1) is 0 Å². The molecule has 1 saturated heterocycles. The van der Waals surface area contributed by atoms with Crippen LogP contribution in [0.5, 0.6) is 0 Å². The van der Waals surface area contributed by atoms with Gasteiger partial charge in [0.25, 0.3) is 0 Å². The molecule has 0 bridgehead atoms. The Bertz CT molecular complexity index is 383. The number of piperidine rings is 1. The Kier molecular flexibility index (Phi) is 5.23. The molecular formula is C16H27N3. The summed E-state index contributed by atoms with van der Waals surface area (Å²) in [6, 6.07) is 8.70. The van der Waals surface area contributed by atoms with Crippen LogP contribution in [-0.4, -0.2) is 50.6 Å². The van der Waals surface area contributed by atoms with Crippen molar-refractivity contribution in [2.75, 3.05) is 46.1 Å². The standard InChI is InChI=1S/C16H27N3/c1-17-16-6-4-5-15(11-16)13-19(3)12-14-7-9-18(2)10-8-14/h4-6,11,14,17H,7-10,12-13H2,1-3H3. The zero-order chi connectivity index (χ0) is 13.7. The van der Waals surface area contributed by atoms with Crippen molar-refractivity contribution in [2.24, 2.45) is 5.92 Å². The van der Waals surface area contributed by atoms with Crippen molar-refractivity contribution in [3.05, 3.63) is 29.8 Å². The summed E-state index contributed by atoms with van der Waals surface area (Å²) in [6.45, 7) is 4.78. The van der Waals surface area contributed by atoms with Crippen LogP contribution in [0.2, 0.25) is 0 Å². The molecule has 1 fully saturated rings. The predicted molar refractivity (Wildman–Crippen MR) is 82.5 cm³/mol. The Morgan fingerprint density at radius 3 is 2.74 bits per heavy atom. The van der Waals surface area contributed by atoms with Crippen molar-refractivity contribution in [2.45, 2.75) is 19.4 Å². The molecule has 1 aromatic rings. The molecule has 106 valence electrons. The van der Waals surface area contributed by atoms with Crippen LogP contribution in [0, 0.1) is 5.92 Å². The average Bonchev–Trinajstić information content (AvgIpc) is 2.41. The molecule has 1 heterocycles. The van der Waals surface area contributed by atoms with E-state index >= 15 is 0 Å². The third-order valence-corrected chi connectivity index (χ3v) is 4.08. The van der Waals surface area contributed by atoms with Gasteiger partial charge in [-0.25, -0.2) is 0 Å². The van der Waals surface area contributed by atoms with Crippen LogP contribution in [0.25, 0.3) is 0 Å². The lowest BCUT2D eigenvalue weighted by Crippen LogP contribution is -2.35. The highest BCUT2D eigenvalue weighted by atomic mass is 15.1. The maximum atomic E-state index is 3.20. The maximum absolute atomic E-state index is 3.20. The van der Waals surface area contributed by atoms with Crippen molar-refractivity contribution in [1.82, 2.24) is 9.80 Å². The molecule has 0 aromatic heterocycles. The van der Waals surface area contributed by atoms with Crippen molar-refractivity contribution < 1.29 is 0 Å². The molecule has 19 heavy (non-hydrogen) atoms. The van der Waals surface area contributed by atoms with Gasteiger partial charge < -0.3 is 15.1 Å². The topological polar surface area (TPSA) is 18.5 Å². The van der Waals surface area contributed by atoms with Gasteiger partial charge in [0.15, 0.2) is 0 Å². The van der Waals surface area contributed by atoms with Crippen molar-refractivity contribution in [3.63, 3.8) is 0 Å². The number of nitrogens with zero attached hydrogens (tertiary/aromatic N) is 2. The molecule has 0 unspecified atom stereocenters. The first-order valence-corrected chi connectivity index (χ1v) is 7.31. The first kappa shape index (κ1) is 14.4. The van der Waals surface area contributed by atoms with E-state index in [4.69, 9.17) is 0 Å². The van der Waals surface area contributed by atoms with Gasteiger partial charge in [-0.3, -0.25) is 0 Å². The number of nitrogens with one attached hydrogen (secondary N) is 1. The minimum absolute atomic E-state index is 0.869. The lowest BCUT2D eigenvalue weighted by molar-refractivity contribution is 0.173. The molecule has 0 saturated carbocycles. The molecule has 1 aliphatic rings. The summed E-state index contributed by atoms with van der Waals surface area (Å²) >= 11 is 0. The fraction of sp³-hybridized carbons (Fsp3) is 0.625. The van der Waals surface area contributed by atoms with Crippen LogP contribution in [0.1, 0.15) is 18.4 Å². The smallest absolute Gasteiger partial charge is 0.0340 e. The Hall–Kier alpha value is -1.06. The fourth-order valence-electron chi connectivity index (χ4n) is 2.89. The van der Waals surface area contributed by atoms with Crippen molar-refractivity contribution in [1.29, 1.82) is 0 Å².